The van der Waals surface area contributed by atoms with Crippen LogP contribution < -0.4 is 16.0 Å². The highest BCUT2D eigenvalue weighted by Gasteiger charge is 2.24. The number of fused-ring (bicyclic) bond motifs is 1. The number of nitriles is 1. The number of nitrogen functional groups attached to an aromatic ring is 1. The lowest BCUT2D eigenvalue weighted by Crippen LogP contribution is -2.21. The number of aromatic nitrogens is 2. The Hall–Kier alpha value is -3.81. The van der Waals surface area contributed by atoms with Gasteiger partial charge in [0, 0.05) is 17.4 Å². The summed E-state index contributed by atoms with van der Waals surface area (Å²) in [5.41, 5.74) is 7.59. The molecular formula is C24H20N4O4S2. The Morgan fingerprint density at radius 2 is 2.06 bits per heavy atom. The molecule has 2 N–H and O–H groups in total. The molecule has 0 radical (unpaired) electrons. The average molecular weight is 493 g/mol. The van der Waals surface area contributed by atoms with Crippen LogP contribution in [0.2, 0.25) is 0 Å². The number of ether oxygens (including phenoxy) is 2. The number of carbonyl (C=O) groups is 1. The first-order valence-corrected chi connectivity index (χ1v) is 12.1. The van der Waals surface area contributed by atoms with Crippen molar-refractivity contribution in [3.8, 4) is 17.5 Å². The van der Waals surface area contributed by atoms with E-state index in [1.54, 1.807) is 56.5 Å². The van der Waals surface area contributed by atoms with E-state index in [1.165, 1.54) is 16.3 Å². The van der Waals surface area contributed by atoms with Crippen LogP contribution in [-0.2, 0) is 10.5 Å². The largest absolute Gasteiger partial charge is 0.497 e. The minimum absolute atomic E-state index is 0.194. The van der Waals surface area contributed by atoms with E-state index in [2.05, 4.69) is 6.07 Å². The standard InChI is InChI=1S/C24H20N4O4S2/c1-3-32-23(30)20-18(17(12-25)21(26)34-20)13-33-24-27-19-10-5-4-9-16(19)22(29)28(24)14-7-6-8-15(11-14)31-2/h4-11H,3,13,26H2,1-2H3. The molecule has 2 aromatic heterocycles. The summed E-state index contributed by atoms with van der Waals surface area (Å²) in [7, 11) is 1.55. The number of benzene rings is 2. The molecule has 0 aliphatic rings. The molecule has 0 atom stereocenters. The Kier molecular flexibility index (Phi) is 6.86. The topological polar surface area (TPSA) is 120 Å². The molecule has 0 bridgehead atoms. The first-order chi connectivity index (χ1) is 16.5. The van der Waals surface area contributed by atoms with Crippen LogP contribution in [0.1, 0.15) is 27.7 Å². The normalized spacial score (nSPS) is 10.7. The summed E-state index contributed by atoms with van der Waals surface area (Å²) in [4.78, 5) is 30.9. The molecule has 4 aromatic rings. The third-order valence-corrected chi connectivity index (χ3v) is 7.02. The van der Waals surface area contributed by atoms with Crippen molar-refractivity contribution in [1.82, 2.24) is 9.55 Å². The summed E-state index contributed by atoms with van der Waals surface area (Å²) in [6.07, 6.45) is 0. The highest BCUT2D eigenvalue weighted by Crippen LogP contribution is 2.36. The van der Waals surface area contributed by atoms with Crippen LogP contribution in [0.15, 0.2) is 58.5 Å². The zero-order valence-corrected chi connectivity index (χ0v) is 20.0. The molecule has 172 valence electrons. The molecular weight excluding hydrogens is 472 g/mol. The fourth-order valence-corrected chi connectivity index (χ4v) is 5.49. The Morgan fingerprint density at radius 1 is 1.26 bits per heavy atom. The molecule has 0 saturated carbocycles. The second kappa shape index (κ2) is 9.99. The molecule has 2 heterocycles. The number of esters is 1. The zero-order valence-electron chi connectivity index (χ0n) is 18.4. The minimum atomic E-state index is -0.534. The van der Waals surface area contributed by atoms with E-state index in [0.717, 1.165) is 11.3 Å². The number of methoxy groups -OCH3 is 1. The van der Waals surface area contributed by atoms with E-state index < -0.39 is 5.97 Å². The van der Waals surface area contributed by atoms with Gasteiger partial charge >= 0.3 is 5.97 Å². The molecule has 0 fully saturated rings. The van der Waals surface area contributed by atoms with E-state index in [0.29, 0.717) is 33.1 Å². The summed E-state index contributed by atoms with van der Waals surface area (Å²) < 4.78 is 12.0. The number of hydrogen-bond donors (Lipinski definition) is 1. The maximum absolute atomic E-state index is 13.5. The molecule has 0 unspecified atom stereocenters. The highest BCUT2D eigenvalue weighted by molar-refractivity contribution is 7.98. The summed E-state index contributed by atoms with van der Waals surface area (Å²) >= 11 is 2.26. The first kappa shape index (κ1) is 23.4. The number of carbonyl (C=O) groups excluding carboxylic acids is 1. The van der Waals surface area contributed by atoms with Gasteiger partial charge in [0.2, 0.25) is 0 Å². The van der Waals surface area contributed by atoms with Gasteiger partial charge in [-0.3, -0.25) is 9.36 Å². The molecule has 0 saturated heterocycles. The molecule has 0 amide bonds. The van der Waals surface area contributed by atoms with Gasteiger partial charge in [0.05, 0.1) is 35.9 Å². The van der Waals surface area contributed by atoms with Crippen LogP contribution in [0.5, 0.6) is 5.75 Å². The Bertz CT molecular complexity index is 1490. The number of thiophene rings is 1. The molecule has 4 rings (SSSR count). The second-order valence-electron chi connectivity index (χ2n) is 7.02. The molecule has 0 aliphatic heterocycles. The van der Waals surface area contributed by atoms with Crippen molar-refractivity contribution < 1.29 is 14.3 Å². The number of anilines is 1. The van der Waals surface area contributed by atoms with E-state index in [4.69, 9.17) is 20.2 Å². The predicted molar refractivity (Wildman–Crippen MR) is 133 cm³/mol. The summed E-state index contributed by atoms with van der Waals surface area (Å²) in [6.45, 7) is 1.91. The Balaban J connectivity index is 1.84. The van der Waals surface area contributed by atoms with E-state index in [9.17, 15) is 14.9 Å². The molecule has 34 heavy (non-hydrogen) atoms. The molecule has 0 aliphatic carbocycles. The van der Waals surface area contributed by atoms with Crippen LogP contribution in [0.3, 0.4) is 0 Å². The van der Waals surface area contributed by atoms with E-state index in [-0.39, 0.29) is 33.4 Å². The summed E-state index contributed by atoms with van der Waals surface area (Å²) in [5, 5.41) is 10.8. The number of thioether (sulfide) groups is 1. The van der Waals surface area contributed by atoms with Gasteiger partial charge in [-0.1, -0.05) is 30.0 Å². The van der Waals surface area contributed by atoms with Crippen molar-refractivity contribution >= 4 is 45.0 Å². The van der Waals surface area contributed by atoms with Crippen LogP contribution in [0.4, 0.5) is 5.00 Å². The molecule has 2 aromatic carbocycles. The number of hydrogen-bond acceptors (Lipinski definition) is 9. The third-order valence-electron chi connectivity index (χ3n) is 5.01. The Labute approximate surface area is 203 Å². The van der Waals surface area contributed by atoms with Gasteiger partial charge in [-0.25, -0.2) is 9.78 Å². The van der Waals surface area contributed by atoms with Gasteiger partial charge in [-0.15, -0.1) is 11.3 Å². The fraction of sp³-hybridized carbons (Fsp3) is 0.167. The van der Waals surface area contributed by atoms with Crippen LogP contribution in [0, 0.1) is 11.3 Å². The second-order valence-corrected chi connectivity index (χ2v) is 9.02. The van der Waals surface area contributed by atoms with Gasteiger partial charge in [0.25, 0.3) is 5.56 Å². The maximum Gasteiger partial charge on any atom is 0.348 e. The minimum Gasteiger partial charge on any atom is -0.497 e. The smallest absolute Gasteiger partial charge is 0.348 e. The quantitative estimate of drug-likeness (QED) is 0.229. The van der Waals surface area contributed by atoms with E-state index >= 15 is 0 Å². The summed E-state index contributed by atoms with van der Waals surface area (Å²) in [6, 6.07) is 16.3. The lowest BCUT2D eigenvalue weighted by atomic mass is 10.2. The lowest BCUT2D eigenvalue weighted by Gasteiger charge is -2.14. The van der Waals surface area contributed by atoms with Crippen molar-refractivity contribution in [2.24, 2.45) is 0 Å². The molecule has 0 spiro atoms. The van der Waals surface area contributed by atoms with E-state index in [1.807, 2.05) is 6.07 Å². The SMILES string of the molecule is CCOC(=O)c1sc(N)c(C#N)c1CSc1nc2ccccc2c(=O)n1-c1cccc(OC)c1. The highest BCUT2D eigenvalue weighted by atomic mass is 32.2. The van der Waals surface area contributed by atoms with Gasteiger partial charge < -0.3 is 15.2 Å². The fourth-order valence-electron chi connectivity index (χ4n) is 3.43. The van der Waals surface area contributed by atoms with Gasteiger partial charge in [-0.05, 0) is 31.2 Å². The Morgan fingerprint density at radius 3 is 2.79 bits per heavy atom. The molecule has 10 heteroatoms. The number of nitrogens with two attached hydrogens (primary N) is 1. The average Bonchev–Trinajstić information content (AvgIpc) is 3.18. The summed E-state index contributed by atoms with van der Waals surface area (Å²) in [5.74, 6) is 0.253. The first-order valence-electron chi connectivity index (χ1n) is 10.3. The lowest BCUT2D eigenvalue weighted by molar-refractivity contribution is 0.0531. The van der Waals surface area contributed by atoms with Crippen LogP contribution >= 0.6 is 23.1 Å². The van der Waals surface area contributed by atoms with Crippen LogP contribution in [-0.4, -0.2) is 29.2 Å². The van der Waals surface area contributed by atoms with Crippen molar-refractivity contribution in [2.75, 3.05) is 19.5 Å². The zero-order chi connectivity index (χ0) is 24.2. The predicted octanol–water partition coefficient (Wildman–Crippen LogP) is 4.38. The van der Waals surface area contributed by atoms with Crippen LogP contribution in [0.25, 0.3) is 16.6 Å². The van der Waals surface area contributed by atoms with Crippen molar-refractivity contribution in [3.05, 3.63) is 74.9 Å². The van der Waals surface area contributed by atoms with Crippen molar-refractivity contribution in [3.63, 3.8) is 0 Å². The molecule has 8 nitrogen and oxygen atoms in total. The van der Waals surface area contributed by atoms with Gasteiger partial charge in [-0.2, -0.15) is 5.26 Å². The number of rotatable bonds is 7. The van der Waals surface area contributed by atoms with Gasteiger partial charge in [0.1, 0.15) is 21.7 Å². The number of nitrogens with zero attached hydrogens (tertiary/aromatic N) is 3. The van der Waals surface area contributed by atoms with Crippen molar-refractivity contribution in [1.29, 1.82) is 5.26 Å². The number of para-hydroxylation sites is 1. The monoisotopic (exact) mass is 492 g/mol. The van der Waals surface area contributed by atoms with Gasteiger partial charge in [0.15, 0.2) is 5.16 Å². The maximum atomic E-state index is 13.5. The van der Waals surface area contributed by atoms with Crippen molar-refractivity contribution in [2.45, 2.75) is 17.8 Å². The third kappa shape index (κ3) is 4.35.